The van der Waals surface area contributed by atoms with Gasteiger partial charge in [-0.1, -0.05) is 0 Å². The third kappa shape index (κ3) is 3.54. The molecule has 1 aromatic heterocycles. The first-order valence-corrected chi connectivity index (χ1v) is 7.25. The average molecular weight is 282 g/mol. The summed E-state index contributed by atoms with van der Waals surface area (Å²) in [6.45, 7) is 1.57. The molecule has 104 valence electrons. The SMILES string of the molecule is CC(=O)NC(CNC1CCCc2sccc21)C(=O)O. The number of nitrogens with one attached hydrogen (secondary N) is 2. The number of rotatable bonds is 5. The molecule has 1 aliphatic rings. The molecule has 0 aliphatic heterocycles. The van der Waals surface area contributed by atoms with Gasteiger partial charge in [0.25, 0.3) is 0 Å². The van der Waals surface area contributed by atoms with E-state index in [2.05, 4.69) is 22.1 Å². The zero-order valence-corrected chi connectivity index (χ0v) is 11.6. The zero-order chi connectivity index (χ0) is 13.8. The highest BCUT2D eigenvalue weighted by Crippen LogP contribution is 2.33. The van der Waals surface area contributed by atoms with Crippen molar-refractivity contribution >= 4 is 23.2 Å². The number of thiophene rings is 1. The molecule has 0 spiro atoms. The fourth-order valence-electron chi connectivity index (χ4n) is 2.40. The molecule has 0 saturated heterocycles. The summed E-state index contributed by atoms with van der Waals surface area (Å²) < 4.78 is 0. The van der Waals surface area contributed by atoms with Crippen LogP contribution in [0.25, 0.3) is 0 Å². The van der Waals surface area contributed by atoms with Gasteiger partial charge < -0.3 is 15.7 Å². The van der Waals surface area contributed by atoms with Crippen molar-refractivity contribution in [3.63, 3.8) is 0 Å². The van der Waals surface area contributed by atoms with E-state index in [1.165, 1.54) is 17.4 Å². The molecule has 0 fully saturated rings. The van der Waals surface area contributed by atoms with E-state index in [-0.39, 0.29) is 18.5 Å². The Hall–Kier alpha value is -1.40. The summed E-state index contributed by atoms with van der Waals surface area (Å²) in [6.07, 6.45) is 3.23. The van der Waals surface area contributed by atoms with E-state index in [0.29, 0.717) is 0 Å². The van der Waals surface area contributed by atoms with Crippen LogP contribution in [0.3, 0.4) is 0 Å². The number of hydrogen-bond acceptors (Lipinski definition) is 4. The summed E-state index contributed by atoms with van der Waals surface area (Å²) in [5, 5.41) is 16.8. The Morgan fingerprint density at radius 1 is 1.58 bits per heavy atom. The summed E-state index contributed by atoms with van der Waals surface area (Å²) in [6, 6.07) is 1.43. The number of hydrogen-bond donors (Lipinski definition) is 3. The maximum absolute atomic E-state index is 11.1. The van der Waals surface area contributed by atoms with Gasteiger partial charge in [0.1, 0.15) is 6.04 Å². The predicted molar refractivity (Wildman–Crippen MR) is 73.2 cm³/mol. The molecule has 3 N–H and O–H groups in total. The van der Waals surface area contributed by atoms with Crippen LogP contribution in [0.2, 0.25) is 0 Å². The fraction of sp³-hybridized carbons (Fsp3) is 0.538. The third-order valence-electron chi connectivity index (χ3n) is 3.30. The van der Waals surface area contributed by atoms with E-state index in [9.17, 15) is 9.59 Å². The summed E-state index contributed by atoms with van der Waals surface area (Å²) in [5.41, 5.74) is 1.28. The van der Waals surface area contributed by atoms with Crippen LogP contribution in [-0.4, -0.2) is 29.6 Å². The smallest absolute Gasteiger partial charge is 0.327 e. The van der Waals surface area contributed by atoms with Gasteiger partial charge in [-0.25, -0.2) is 4.79 Å². The number of aliphatic carboxylic acids is 1. The Morgan fingerprint density at radius 3 is 3.05 bits per heavy atom. The number of fused-ring (bicyclic) bond motifs is 1. The Balaban J connectivity index is 1.95. The number of carbonyl (C=O) groups excluding carboxylic acids is 1. The van der Waals surface area contributed by atoms with Crippen LogP contribution >= 0.6 is 11.3 Å². The average Bonchev–Trinajstić information content (AvgIpc) is 2.82. The lowest BCUT2D eigenvalue weighted by Crippen LogP contribution is -2.47. The van der Waals surface area contributed by atoms with Gasteiger partial charge in [0.05, 0.1) is 0 Å². The molecule has 1 aliphatic carbocycles. The van der Waals surface area contributed by atoms with Gasteiger partial charge >= 0.3 is 5.97 Å². The molecule has 2 rings (SSSR count). The minimum Gasteiger partial charge on any atom is -0.480 e. The minimum absolute atomic E-state index is 0.200. The van der Waals surface area contributed by atoms with Crippen LogP contribution in [0, 0.1) is 0 Å². The molecule has 0 aromatic carbocycles. The molecule has 2 unspecified atom stereocenters. The molecular weight excluding hydrogens is 264 g/mol. The number of carboxylic acid groups (broad SMARTS) is 1. The number of carbonyl (C=O) groups is 2. The highest BCUT2D eigenvalue weighted by molar-refractivity contribution is 7.10. The van der Waals surface area contributed by atoms with Gasteiger partial charge in [0, 0.05) is 24.4 Å². The minimum atomic E-state index is -1.01. The lowest BCUT2D eigenvalue weighted by Gasteiger charge is -2.25. The molecule has 5 nitrogen and oxygen atoms in total. The lowest BCUT2D eigenvalue weighted by atomic mass is 9.94. The topological polar surface area (TPSA) is 78.4 Å². The third-order valence-corrected chi connectivity index (χ3v) is 4.29. The maximum atomic E-state index is 11.1. The summed E-state index contributed by atoms with van der Waals surface area (Å²) in [4.78, 5) is 23.4. The highest BCUT2D eigenvalue weighted by atomic mass is 32.1. The molecule has 2 atom stereocenters. The van der Waals surface area contributed by atoms with Gasteiger partial charge in [0.15, 0.2) is 0 Å². The molecule has 0 radical (unpaired) electrons. The van der Waals surface area contributed by atoms with Gasteiger partial charge in [-0.15, -0.1) is 11.3 Å². The van der Waals surface area contributed by atoms with E-state index in [1.54, 1.807) is 11.3 Å². The van der Waals surface area contributed by atoms with Gasteiger partial charge in [-0.05, 0) is 36.3 Å². The second-order valence-corrected chi connectivity index (χ2v) is 5.74. The molecule has 0 saturated carbocycles. The van der Waals surface area contributed by atoms with Gasteiger partial charge in [0.2, 0.25) is 5.91 Å². The molecular formula is C13H18N2O3S. The van der Waals surface area contributed by atoms with E-state index in [1.807, 2.05) is 0 Å². The largest absolute Gasteiger partial charge is 0.480 e. The normalized spacial score (nSPS) is 19.5. The van der Waals surface area contributed by atoms with Gasteiger partial charge in [-0.2, -0.15) is 0 Å². The van der Waals surface area contributed by atoms with Crippen LogP contribution in [0.5, 0.6) is 0 Å². The van der Waals surface area contributed by atoms with Crippen LogP contribution in [-0.2, 0) is 16.0 Å². The van der Waals surface area contributed by atoms with E-state index in [0.717, 1.165) is 19.3 Å². The Bertz CT molecular complexity index is 472. The molecule has 19 heavy (non-hydrogen) atoms. The summed E-state index contributed by atoms with van der Waals surface area (Å²) >= 11 is 1.75. The number of aryl methyl sites for hydroxylation is 1. The Morgan fingerprint density at radius 2 is 2.37 bits per heavy atom. The standard InChI is InChI=1S/C13H18N2O3S/c1-8(16)15-11(13(17)18)7-14-10-3-2-4-12-9(10)5-6-19-12/h5-6,10-11,14H,2-4,7H2,1H3,(H,15,16)(H,17,18). The number of carboxylic acids is 1. The second kappa shape index (κ2) is 6.16. The van der Waals surface area contributed by atoms with Crippen LogP contribution < -0.4 is 10.6 Å². The van der Waals surface area contributed by atoms with E-state index < -0.39 is 12.0 Å². The molecule has 1 heterocycles. The van der Waals surface area contributed by atoms with Crippen molar-refractivity contribution in [1.29, 1.82) is 0 Å². The first kappa shape index (κ1) is 14.0. The Labute approximate surface area is 116 Å². The van der Waals surface area contributed by atoms with Gasteiger partial charge in [-0.3, -0.25) is 4.79 Å². The summed E-state index contributed by atoms with van der Waals surface area (Å²) in [5.74, 6) is -1.34. The van der Waals surface area contributed by atoms with E-state index in [4.69, 9.17) is 5.11 Å². The highest BCUT2D eigenvalue weighted by Gasteiger charge is 2.24. The number of amides is 1. The van der Waals surface area contributed by atoms with Crippen LogP contribution in [0.4, 0.5) is 0 Å². The monoisotopic (exact) mass is 282 g/mol. The van der Waals surface area contributed by atoms with Crippen molar-refractivity contribution in [3.05, 3.63) is 21.9 Å². The molecule has 1 amide bonds. The summed E-state index contributed by atoms with van der Waals surface area (Å²) in [7, 11) is 0. The first-order chi connectivity index (χ1) is 9.08. The predicted octanol–water partition coefficient (Wildman–Crippen LogP) is 1.30. The first-order valence-electron chi connectivity index (χ1n) is 6.37. The quantitative estimate of drug-likeness (QED) is 0.761. The maximum Gasteiger partial charge on any atom is 0.327 e. The fourth-order valence-corrected chi connectivity index (χ4v) is 3.39. The lowest BCUT2D eigenvalue weighted by molar-refractivity contribution is -0.141. The van der Waals surface area contributed by atoms with Crippen molar-refractivity contribution in [2.45, 2.75) is 38.3 Å². The van der Waals surface area contributed by atoms with E-state index >= 15 is 0 Å². The van der Waals surface area contributed by atoms with Crippen molar-refractivity contribution in [3.8, 4) is 0 Å². The van der Waals surface area contributed by atoms with Crippen molar-refractivity contribution in [2.24, 2.45) is 0 Å². The molecule has 1 aromatic rings. The zero-order valence-electron chi connectivity index (χ0n) is 10.8. The molecule has 6 heteroatoms. The van der Waals surface area contributed by atoms with Crippen molar-refractivity contribution < 1.29 is 14.7 Å². The second-order valence-electron chi connectivity index (χ2n) is 4.74. The van der Waals surface area contributed by atoms with Crippen LogP contribution in [0.1, 0.15) is 36.2 Å². The van der Waals surface area contributed by atoms with Crippen molar-refractivity contribution in [2.75, 3.05) is 6.54 Å². The van der Waals surface area contributed by atoms with Crippen LogP contribution in [0.15, 0.2) is 11.4 Å². The Kier molecular flexibility index (Phi) is 4.55. The van der Waals surface area contributed by atoms with Crippen molar-refractivity contribution in [1.82, 2.24) is 10.6 Å². The molecule has 0 bridgehead atoms.